The summed E-state index contributed by atoms with van der Waals surface area (Å²) in [5.41, 5.74) is 2.49. The van der Waals surface area contributed by atoms with Crippen LogP contribution >= 0.6 is 22.9 Å². The lowest BCUT2D eigenvalue weighted by Crippen LogP contribution is -2.33. The Hall–Kier alpha value is -2.90. The second-order valence-electron chi connectivity index (χ2n) is 7.10. The van der Waals surface area contributed by atoms with Gasteiger partial charge in [0.2, 0.25) is 5.91 Å². The third kappa shape index (κ3) is 3.91. The Labute approximate surface area is 182 Å². The second kappa shape index (κ2) is 8.45. The molecule has 0 fully saturated rings. The van der Waals surface area contributed by atoms with E-state index in [0.717, 1.165) is 27.2 Å². The largest absolute Gasteiger partial charge is 0.350 e. The first-order chi connectivity index (χ1) is 14.5. The number of nitrogens with one attached hydrogen (secondary N) is 1. The number of benzene rings is 1. The molecule has 6 nitrogen and oxygen atoms in total. The lowest BCUT2D eigenvalue weighted by molar-refractivity contribution is -0.122. The molecule has 8 heteroatoms. The van der Waals surface area contributed by atoms with Gasteiger partial charge in [-0.15, -0.1) is 11.3 Å². The molecule has 1 amide bonds. The lowest BCUT2D eigenvalue weighted by Gasteiger charge is -2.10. The van der Waals surface area contributed by atoms with Crippen molar-refractivity contribution in [2.75, 3.05) is 0 Å². The average Bonchev–Trinajstić information content (AvgIpc) is 3.33. The van der Waals surface area contributed by atoms with Crippen molar-refractivity contribution in [3.63, 3.8) is 0 Å². The van der Waals surface area contributed by atoms with Gasteiger partial charge in [0, 0.05) is 33.2 Å². The van der Waals surface area contributed by atoms with Gasteiger partial charge in [-0.25, -0.2) is 4.68 Å². The molecule has 0 radical (unpaired) electrons. The van der Waals surface area contributed by atoms with Crippen LogP contribution in [0.15, 0.2) is 52.8 Å². The topological polar surface area (TPSA) is 68.9 Å². The minimum atomic E-state index is -0.266. The van der Waals surface area contributed by atoms with Crippen LogP contribution in [0.2, 0.25) is 5.02 Å². The summed E-state index contributed by atoms with van der Waals surface area (Å²) in [7, 11) is 0. The van der Waals surface area contributed by atoms with E-state index in [-0.39, 0.29) is 18.0 Å². The average molecular weight is 441 g/mol. The zero-order valence-corrected chi connectivity index (χ0v) is 18.3. The van der Waals surface area contributed by atoms with Crippen molar-refractivity contribution in [3.8, 4) is 0 Å². The molecule has 4 rings (SSSR count). The van der Waals surface area contributed by atoms with Gasteiger partial charge < -0.3 is 9.88 Å². The highest BCUT2D eigenvalue weighted by Crippen LogP contribution is 2.25. The Morgan fingerprint density at radius 2 is 1.97 bits per heavy atom. The molecule has 0 spiro atoms. The van der Waals surface area contributed by atoms with E-state index in [1.807, 2.05) is 55.6 Å². The molecule has 0 saturated carbocycles. The van der Waals surface area contributed by atoms with Gasteiger partial charge in [-0.1, -0.05) is 35.9 Å². The number of carbonyl (C=O) groups excluding carboxylic acids is 1. The van der Waals surface area contributed by atoms with Gasteiger partial charge in [0.1, 0.15) is 6.54 Å². The van der Waals surface area contributed by atoms with Crippen LogP contribution in [0.4, 0.5) is 0 Å². The molecular formula is C22H21ClN4O2S. The maximum Gasteiger partial charge on any atom is 0.276 e. The zero-order chi connectivity index (χ0) is 21.3. The van der Waals surface area contributed by atoms with Crippen molar-refractivity contribution in [1.29, 1.82) is 0 Å². The summed E-state index contributed by atoms with van der Waals surface area (Å²) >= 11 is 7.90. The van der Waals surface area contributed by atoms with Crippen LogP contribution < -0.4 is 10.9 Å². The van der Waals surface area contributed by atoms with E-state index in [9.17, 15) is 9.59 Å². The van der Waals surface area contributed by atoms with Crippen molar-refractivity contribution < 1.29 is 4.79 Å². The fourth-order valence-corrected chi connectivity index (χ4v) is 4.42. The number of aromatic nitrogens is 3. The highest BCUT2D eigenvalue weighted by molar-refractivity contribution is 7.09. The fourth-order valence-electron chi connectivity index (χ4n) is 3.58. The predicted molar refractivity (Wildman–Crippen MR) is 120 cm³/mol. The fraction of sp³-hybridized carbons (Fsp3) is 0.227. The van der Waals surface area contributed by atoms with Crippen molar-refractivity contribution in [1.82, 2.24) is 19.7 Å². The molecule has 4 aromatic rings. The SMILES string of the molecule is Cc1c2cnn(CC(=O)NCc3cccs3)c(=O)c2c(C)n1Cc1ccccc1Cl. The van der Waals surface area contributed by atoms with Crippen LogP contribution in [0.25, 0.3) is 10.8 Å². The van der Waals surface area contributed by atoms with Gasteiger partial charge in [0.25, 0.3) is 5.56 Å². The summed E-state index contributed by atoms with van der Waals surface area (Å²) in [6.45, 7) is 4.76. The predicted octanol–water partition coefficient (Wildman–Crippen LogP) is 3.89. The number of halogens is 1. The third-order valence-electron chi connectivity index (χ3n) is 5.22. The van der Waals surface area contributed by atoms with E-state index < -0.39 is 0 Å². The maximum absolute atomic E-state index is 13.1. The number of thiophene rings is 1. The number of amides is 1. The van der Waals surface area contributed by atoms with Crippen molar-refractivity contribution >= 4 is 39.6 Å². The van der Waals surface area contributed by atoms with Crippen LogP contribution in [-0.2, 0) is 24.4 Å². The summed E-state index contributed by atoms with van der Waals surface area (Å²) in [4.78, 5) is 26.4. The summed E-state index contributed by atoms with van der Waals surface area (Å²) < 4.78 is 3.29. The monoisotopic (exact) mass is 440 g/mol. The van der Waals surface area contributed by atoms with Gasteiger partial charge in [0.15, 0.2) is 0 Å². The van der Waals surface area contributed by atoms with Crippen LogP contribution in [0.1, 0.15) is 21.8 Å². The molecule has 30 heavy (non-hydrogen) atoms. The number of aryl methyl sites for hydroxylation is 2. The number of hydrogen-bond donors (Lipinski definition) is 1. The first-order valence-electron chi connectivity index (χ1n) is 9.53. The highest BCUT2D eigenvalue weighted by atomic mass is 35.5. The first kappa shape index (κ1) is 20.4. The molecule has 0 aliphatic heterocycles. The minimum Gasteiger partial charge on any atom is -0.350 e. The zero-order valence-electron chi connectivity index (χ0n) is 16.7. The molecule has 1 N–H and O–H groups in total. The Bertz CT molecular complexity index is 1270. The molecule has 0 aliphatic carbocycles. The summed E-state index contributed by atoms with van der Waals surface area (Å²) in [6.07, 6.45) is 1.66. The molecule has 0 unspecified atom stereocenters. The highest BCUT2D eigenvalue weighted by Gasteiger charge is 2.18. The molecule has 0 saturated heterocycles. The van der Waals surface area contributed by atoms with Gasteiger partial charge >= 0.3 is 0 Å². The third-order valence-corrected chi connectivity index (χ3v) is 6.47. The number of hydrogen-bond acceptors (Lipinski definition) is 4. The summed E-state index contributed by atoms with van der Waals surface area (Å²) in [5, 5.41) is 11.1. The minimum absolute atomic E-state index is 0.117. The molecule has 3 aromatic heterocycles. The van der Waals surface area contributed by atoms with Gasteiger partial charge in [0.05, 0.1) is 18.1 Å². The molecule has 154 valence electrons. The molecule has 0 atom stereocenters. The first-order valence-corrected chi connectivity index (χ1v) is 10.8. The number of carbonyl (C=O) groups is 1. The lowest BCUT2D eigenvalue weighted by atomic mass is 10.2. The van der Waals surface area contributed by atoms with Crippen LogP contribution in [-0.4, -0.2) is 20.3 Å². The smallest absolute Gasteiger partial charge is 0.276 e. The standard InChI is InChI=1S/C22H21ClN4O2S/c1-14-18-11-25-27(13-20(28)24-10-17-7-5-9-30-17)22(29)21(18)15(2)26(14)12-16-6-3-4-8-19(16)23/h3-9,11H,10,12-13H2,1-2H3,(H,24,28). The van der Waals surface area contributed by atoms with Gasteiger partial charge in [-0.05, 0) is 36.9 Å². The van der Waals surface area contributed by atoms with E-state index >= 15 is 0 Å². The van der Waals surface area contributed by atoms with Gasteiger partial charge in [-0.3, -0.25) is 9.59 Å². The summed E-state index contributed by atoms with van der Waals surface area (Å²) in [5.74, 6) is -0.248. The van der Waals surface area contributed by atoms with E-state index in [0.29, 0.717) is 23.5 Å². The van der Waals surface area contributed by atoms with E-state index in [2.05, 4.69) is 15.0 Å². The summed E-state index contributed by atoms with van der Waals surface area (Å²) in [6, 6.07) is 11.6. The number of rotatable bonds is 6. The van der Waals surface area contributed by atoms with Crippen molar-refractivity contribution in [2.24, 2.45) is 0 Å². The second-order valence-corrected chi connectivity index (χ2v) is 8.54. The Morgan fingerprint density at radius 3 is 2.70 bits per heavy atom. The Balaban J connectivity index is 1.62. The number of fused-ring (bicyclic) bond motifs is 1. The molecule has 1 aromatic carbocycles. The Kier molecular flexibility index (Phi) is 5.74. The van der Waals surface area contributed by atoms with Crippen LogP contribution in [0.5, 0.6) is 0 Å². The molecule has 0 aliphatic rings. The molecule has 3 heterocycles. The van der Waals surface area contributed by atoms with Crippen LogP contribution in [0, 0.1) is 13.8 Å². The number of nitrogens with zero attached hydrogens (tertiary/aromatic N) is 3. The van der Waals surface area contributed by atoms with Gasteiger partial charge in [-0.2, -0.15) is 5.10 Å². The van der Waals surface area contributed by atoms with E-state index in [4.69, 9.17) is 11.6 Å². The maximum atomic E-state index is 13.1. The quantitative estimate of drug-likeness (QED) is 0.494. The van der Waals surface area contributed by atoms with E-state index in [1.54, 1.807) is 17.5 Å². The normalized spacial score (nSPS) is 11.2. The molecular weight excluding hydrogens is 420 g/mol. The van der Waals surface area contributed by atoms with Crippen molar-refractivity contribution in [2.45, 2.75) is 33.5 Å². The molecule has 0 bridgehead atoms. The Morgan fingerprint density at radius 1 is 1.17 bits per heavy atom. The van der Waals surface area contributed by atoms with E-state index in [1.165, 1.54) is 4.68 Å². The van der Waals surface area contributed by atoms with Crippen molar-refractivity contribution in [3.05, 3.63) is 85.2 Å². The van der Waals surface area contributed by atoms with Crippen LogP contribution in [0.3, 0.4) is 0 Å².